The topological polar surface area (TPSA) is 38.7 Å². The van der Waals surface area contributed by atoms with Gasteiger partial charge in [-0.3, -0.25) is 0 Å². The molecule has 0 aromatic carbocycles. The second kappa shape index (κ2) is 3.95. The van der Waals surface area contributed by atoms with Crippen molar-refractivity contribution in [2.75, 3.05) is 19.8 Å². The zero-order chi connectivity index (χ0) is 9.15. The third kappa shape index (κ3) is 2.22. The van der Waals surface area contributed by atoms with Crippen molar-refractivity contribution in [3.8, 4) is 0 Å². The summed E-state index contributed by atoms with van der Waals surface area (Å²) >= 11 is 0. The fourth-order valence-corrected chi connectivity index (χ4v) is 2.33. The van der Waals surface area contributed by atoms with Crippen molar-refractivity contribution in [3.05, 3.63) is 0 Å². The molecule has 2 heterocycles. The van der Waals surface area contributed by atoms with Gasteiger partial charge >= 0.3 is 0 Å². The standard InChI is InChI=1S/C10H18O3/c11-9-2-6-13-10(8-9)3-1-5-12-7-4-10/h9,11H,1-8H2. The van der Waals surface area contributed by atoms with E-state index in [4.69, 9.17) is 9.47 Å². The summed E-state index contributed by atoms with van der Waals surface area (Å²) in [4.78, 5) is 0. The average Bonchev–Trinajstić information content (AvgIpc) is 2.31. The van der Waals surface area contributed by atoms with Crippen LogP contribution >= 0.6 is 0 Å². The first kappa shape index (κ1) is 9.44. The largest absolute Gasteiger partial charge is 0.393 e. The second-order valence-corrected chi connectivity index (χ2v) is 4.14. The van der Waals surface area contributed by atoms with Crippen LogP contribution in [0.2, 0.25) is 0 Å². The first-order valence-electron chi connectivity index (χ1n) is 5.21. The summed E-state index contributed by atoms with van der Waals surface area (Å²) in [6.45, 7) is 2.34. The predicted molar refractivity (Wildman–Crippen MR) is 48.6 cm³/mol. The van der Waals surface area contributed by atoms with E-state index in [0.717, 1.165) is 45.3 Å². The third-order valence-electron chi connectivity index (χ3n) is 3.09. The Morgan fingerprint density at radius 3 is 2.92 bits per heavy atom. The van der Waals surface area contributed by atoms with Crippen LogP contribution in [0.15, 0.2) is 0 Å². The van der Waals surface area contributed by atoms with Crippen LogP contribution in [0.5, 0.6) is 0 Å². The van der Waals surface area contributed by atoms with Gasteiger partial charge in [0, 0.05) is 26.2 Å². The number of aliphatic hydroxyl groups is 1. The van der Waals surface area contributed by atoms with E-state index in [9.17, 15) is 5.11 Å². The van der Waals surface area contributed by atoms with E-state index >= 15 is 0 Å². The van der Waals surface area contributed by atoms with Gasteiger partial charge in [-0.05, 0) is 25.7 Å². The lowest BCUT2D eigenvalue weighted by molar-refractivity contribution is -0.126. The van der Waals surface area contributed by atoms with E-state index < -0.39 is 0 Å². The molecule has 0 saturated carbocycles. The van der Waals surface area contributed by atoms with Crippen LogP contribution in [0.3, 0.4) is 0 Å². The van der Waals surface area contributed by atoms with Crippen molar-refractivity contribution < 1.29 is 14.6 Å². The van der Waals surface area contributed by atoms with E-state index in [-0.39, 0.29) is 11.7 Å². The molecule has 2 saturated heterocycles. The maximum atomic E-state index is 9.60. The normalized spacial score (nSPS) is 41.8. The molecule has 76 valence electrons. The number of rotatable bonds is 0. The van der Waals surface area contributed by atoms with Gasteiger partial charge in [0.1, 0.15) is 0 Å². The fourth-order valence-electron chi connectivity index (χ4n) is 2.33. The Morgan fingerprint density at radius 2 is 2.08 bits per heavy atom. The first-order chi connectivity index (χ1) is 6.31. The van der Waals surface area contributed by atoms with Crippen molar-refractivity contribution in [2.24, 2.45) is 0 Å². The third-order valence-corrected chi connectivity index (χ3v) is 3.09. The number of ether oxygens (including phenoxy) is 2. The van der Waals surface area contributed by atoms with Gasteiger partial charge in [0.25, 0.3) is 0 Å². The quantitative estimate of drug-likeness (QED) is 0.615. The average molecular weight is 186 g/mol. The molecule has 1 spiro atoms. The van der Waals surface area contributed by atoms with Gasteiger partial charge in [-0.25, -0.2) is 0 Å². The maximum Gasteiger partial charge on any atom is 0.0729 e. The van der Waals surface area contributed by atoms with Crippen molar-refractivity contribution in [1.29, 1.82) is 0 Å². The molecule has 0 radical (unpaired) electrons. The Balaban J connectivity index is 1.99. The Bertz CT molecular complexity index is 162. The predicted octanol–water partition coefficient (Wildman–Crippen LogP) is 1.10. The van der Waals surface area contributed by atoms with Gasteiger partial charge in [0.15, 0.2) is 0 Å². The van der Waals surface area contributed by atoms with Crippen LogP contribution in [0.25, 0.3) is 0 Å². The molecule has 1 N–H and O–H groups in total. The molecule has 2 aliphatic rings. The Morgan fingerprint density at radius 1 is 1.15 bits per heavy atom. The van der Waals surface area contributed by atoms with Crippen LogP contribution < -0.4 is 0 Å². The zero-order valence-corrected chi connectivity index (χ0v) is 8.00. The molecule has 3 nitrogen and oxygen atoms in total. The summed E-state index contributed by atoms with van der Waals surface area (Å²) in [5, 5.41) is 9.60. The second-order valence-electron chi connectivity index (χ2n) is 4.14. The molecule has 13 heavy (non-hydrogen) atoms. The molecule has 0 amide bonds. The molecule has 0 aliphatic carbocycles. The zero-order valence-electron chi connectivity index (χ0n) is 8.00. The molecular formula is C10H18O3. The monoisotopic (exact) mass is 186 g/mol. The highest BCUT2D eigenvalue weighted by atomic mass is 16.5. The van der Waals surface area contributed by atoms with Gasteiger partial charge in [-0.1, -0.05) is 0 Å². The van der Waals surface area contributed by atoms with Gasteiger partial charge in [0.2, 0.25) is 0 Å². The van der Waals surface area contributed by atoms with Crippen LogP contribution in [0, 0.1) is 0 Å². The number of aliphatic hydroxyl groups excluding tert-OH is 1. The van der Waals surface area contributed by atoms with E-state index in [1.165, 1.54) is 0 Å². The van der Waals surface area contributed by atoms with E-state index in [1.807, 2.05) is 0 Å². The summed E-state index contributed by atoms with van der Waals surface area (Å²) in [5.74, 6) is 0. The first-order valence-corrected chi connectivity index (χ1v) is 5.21. The molecule has 3 heteroatoms. The van der Waals surface area contributed by atoms with E-state index in [1.54, 1.807) is 0 Å². The highest BCUT2D eigenvalue weighted by Gasteiger charge is 2.37. The summed E-state index contributed by atoms with van der Waals surface area (Å²) < 4.78 is 11.2. The van der Waals surface area contributed by atoms with Crippen molar-refractivity contribution in [1.82, 2.24) is 0 Å². The van der Waals surface area contributed by atoms with Gasteiger partial charge in [-0.2, -0.15) is 0 Å². The van der Waals surface area contributed by atoms with Crippen LogP contribution in [-0.4, -0.2) is 36.6 Å². The molecule has 2 rings (SSSR count). The number of hydrogen-bond donors (Lipinski definition) is 1. The molecular weight excluding hydrogens is 168 g/mol. The van der Waals surface area contributed by atoms with Crippen molar-refractivity contribution >= 4 is 0 Å². The minimum absolute atomic E-state index is 0.0613. The highest BCUT2D eigenvalue weighted by Crippen LogP contribution is 2.34. The summed E-state index contributed by atoms with van der Waals surface area (Å²) in [7, 11) is 0. The molecule has 2 fully saturated rings. The van der Waals surface area contributed by atoms with Crippen molar-refractivity contribution in [2.45, 2.75) is 43.8 Å². The summed E-state index contributed by atoms with van der Waals surface area (Å²) in [6, 6.07) is 0. The van der Waals surface area contributed by atoms with E-state index in [0.29, 0.717) is 6.61 Å². The van der Waals surface area contributed by atoms with Crippen LogP contribution in [0.1, 0.15) is 32.1 Å². The van der Waals surface area contributed by atoms with Crippen LogP contribution in [0.4, 0.5) is 0 Å². The minimum atomic E-state index is -0.160. The molecule has 2 atom stereocenters. The lowest BCUT2D eigenvalue weighted by Gasteiger charge is -2.38. The van der Waals surface area contributed by atoms with Gasteiger partial charge < -0.3 is 14.6 Å². The maximum absolute atomic E-state index is 9.60. The fraction of sp³-hybridized carbons (Fsp3) is 1.00. The highest BCUT2D eigenvalue weighted by molar-refractivity contribution is 4.88. The van der Waals surface area contributed by atoms with Gasteiger partial charge in [-0.15, -0.1) is 0 Å². The SMILES string of the molecule is OC1CCOC2(CCCOCC2)C1. The Kier molecular flexibility index (Phi) is 2.86. The minimum Gasteiger partial charge on any atom is -0.393 e. The smallest absolute Gasteiger partial charge is 0.0729 e. The Labute approximate surface area is 79.0 Å². The number of hydrogen-bond acceptors (Lipinski definition) is 3. The summed E-state index contributed by atoms with van der Waals surface area (Å²) in [5.41, 5.74) is -0.0613. The lowest BCUT2D eigenvalue weighted by atomic mass is 9.85. The molecule has 0 bridgehead atoms. The van der Waals surface area contributed by atoms with E-state index in [2.05, 4.69) is 0 Å². The molecule has 2 unspecified atom stereocenters. The van der Waals surface area contributed by atoms with Crippen molar-refractivity contribution in [3.63, 3.8) is 0 Å². The lowest BCUT2D eigenvalue weighted by Crippen LogP contribution is -2.42. The molecule has 0 aromatic rings. The summed E-state index contributed by atoms with van der Waals surface area (Å²) in [6.07, 6.45) is 4.49. The van der Waals surface area contributed by atoms with Crippen LogP contribution in [-0.2, 0) is 9.47 Å². The van der Waals surface area contributed by atoms with Gasteiger partial charge in [0.05, 0.1) is 11.7 Å². The molecule has 0 aromatic heterocycles. The Hall–Kier alpha value is -0.120. The molecule has 2 aliphatic heterocycles.